The molecule has 0 saturated carbocycles. The fourth-order valence-electron chi connectivity index (χ4n) is 2.09. The number of benzene rings is 2. The molecule has 0 aliphatic carbocycles. The first kappa shape index (κ1) is 13.3. The number of rotatable bonds is 5. The zero-order valence-corrected chi connectivity index (χ0v) is 12.2. The van der Waals surface area contributed by atoms with Gasteiger partial charge in [0, 0.05) is 11.0 Å². The summed E-state index contributed by atoms with van der Waals surface area (Å²) >= 11 is 3.47. The Hall–Kier alpha value is -1.12. The van der Waals surface area contributed by atoms with E-state index in [-0.39, 0.29) is 0 Å². The van der Waals surface area contributed by atoms with E-state index < -0.39 is 0 Å². The molecule has 2 heteroatoms. The van der Waals surface area contributed by atoms with Gasteiger partial charge in [0.05, 0.1) is 0 Å². The normalized spacial score (nSPS) is 10.6. The molecule has 0 atom stereocenters. The predicted molar refractivity (Wildman–Crippen MR) is 80.8 cm³/mol. The molecule has 0 amide bonds. The number of nitrogens with one attached hydrogen (secondary N) is 1. The molecule has 2 aromatic carbocycles. The van der Waals surface area contributed by atoms with E-state index in [1.807, 2.05) is 7.05 Å². The number of hydrogen-bond acceptors (Lipinski definition) is 1. The highest BCUT2D eigenvalue weighted by Crippen LogP contribution is 2.15. The minimum atomic E-state index is 0.941. The van der Waals surface area contributed by atoms with Gasteiger partial charge >= 0.3 is 0 Å². The van der Waals surface area contributed by atoms with Crippen molar-refractivity contribution in [1.82, 2.24) is 5.32 Å². The van der Waals surface area contributed by atoms with Crippen LogP contribution in [0.1, 0.15) is 16.7 Å². The average molecular weight is 304 g/mol. The molecule has 0 radical (unpaired) electrons. The molecular weight excluding hydrogens is 286 g/mol. The Morgan fingerprint density at radius 2 is 1.56 bits per heavy atom. The van der Waals surface area contributed by atoms with E-state index in [0.29, 0.717) is 0 Å². The van der Waals surface area contributed by atoms with Gasteiger partial charge in [0.25, 0.3) is 0 Å². The van der Waals surface area contributed by atoms with Crippen LogP contribution < -0.4 is 5.32 Å². The van der Waals surface area contributed by atoms with Crippen LogP contribution in [0.15, 0.2) is 53.0 Å². The topological polar surface area (TPSA) is 12.0 Å². The van der Waals surface area contributed by atoms with E-state index in [2.05, 4.69) is 69.8 Å². The van der Waals surface area contributed by atoms with Crippen LogP contribution >= 0.6 is 15.9 Å². The summed E-state index contributed by atoms with van der Waals surface area (Å²) in [5.74, 6) is 0. The number of aryl methyl sites for hydroxylation is 2. The van der Waals surface area contributed by atoms with Crippen molar-refractivity contribution < 1.29 is 0 Å². The average Bonchev–Trinajstić information content (AvgIpc) is 2.40. The summed E-state index contributed by atoms with van der Waals surface area (Å²) in [4.78, 5) is 0. The molecule has 0 aliphatic heterocycles. The van der Waals surface area contributed by atoms with Crippen LogP contribution in [0.2, 0.25) is 0 Å². The zero-order chi connectivity index (χ0) is 12.8. The molecule has 0 aromatic heterocycles. The third kappa shape index (κ3) is 3.69. The summed E-state index contributed by atoms with van der Waals surface area (Å²) < 4.78 is 1.14. The minimum Gasteiger partial charge on any atom is -0.316 e. The third-order valence-electron chi connectivity index (χ3n) is 3.08. The van der Waals surface area contributed by atoms with Crippen LogP contribution in [0.4, 0.5) is 0 Å². The van der Waals surface area contributed by atoms with E-state index in [1.165, 1.54) is 16.7 Å². The maximum atomic E-state index is 3.47. The highest BCUT2D eigenvalue weighted by atomic mass is 79.9. The molecule has 1 N–H and O–H groups in total. The minimum absolute atomic E-state index is 0.941. The van der Waals surface area contributed by atoms with E-state index in [0.717, 1.165) is 23.9 Å². The van der Waals surface area contributed by atoms with E-state index in [1.54, 1.807) is 0 Å². The molecule has 2 aromatic rings. The Kier molecular flexibility index (Phi) is 4.97. The lowest BCUT2D eigenvalue weighted by Crippen LogP contribution is -2.08. The summed E-state index contributed by atoms with van der Waals surface area (Å²) in [6.07, 6.45) is 2.19. The largest absolute Gasteiger partial charge is 0.316 e. The van der Waals surface area contributed by atoms with Crippen molar-refractivity contribution in [3.8, 4) is 0 Å². The van der Waals surface area contributed by atoms with Gasteiger partial charge in [-0.15, -0.1) is 0 Å². The molecule has 0 fully saturated rings. The summed E-state index contributed by atoms with van der Waals surface area (Å²) in [5, 5.41) is 3.22. The van der Waals surface area contributed by atoms with Gasteiger partial charge in [-0.05, 0) is 48.7 Å². The molecule has 0 bridgehead atoms. The highest BCUT2D eigenvalue weighted by Gasteiger charge is 2.01. The molecule has 0 unspecified atom stereocenters. The second kappa shape index (κ2) is 6.72. The smallest absolute Gasteiger partial charge is 0.0205 e. The first-order valence-electron chi connectivity index (χ1n) is 6.25. The van der Waals surface area contributed by atoms with Gasteiger partial charge in [0.1, 0.15) is 0 Å². The molecule has 18 heavy (non-hydrogen) atoms. The quantitative estimate of drug-likeness (QED) is 0.882. The Morgan fingerprint density at radius 1 is 0.889 bits per heavy atom. The number of hydrogen-bond donors (Lipinski definition) is 1. The molecule has 94 valence electrons. The maximum Gasteiger partial charge on any atom is 0.0205 e. The van der Waals surface area contributed by atoms with Gasteiger partial charge in [-0.25, -0.2) is 0 Å². The van der Waals surface area contributed by atoms with Gasteiger partial charge in [-0.3, -0.25) is 0 Å². The standard InChI is InChI=1S/C16H18BrN/c1-18-12-15-5-3-2-4-14(15)9-6-13-7-10-16(17)11-8-13/h2-5,7-8,10-11,18H,6,9,12H2,1H3. The zero-order valence-electron chi connectivity index (χ0n) is 10.6. The summed E-state index contributed by atoms with van der Waals surface area (Å²) in [6, 6.07) is 17.2. The Labute approximate surface area is 117 Å². The van der Waals surface area contributed by atoms with Crippen molar-refractivity contribution in [3.63, 3.8) is 0 Å². The fraction of sp³-hybridized carbons (Fsp3) is 0.250. The lowest BCUT2D eigenvalue weighted by Gasteiger charge is -2.09. The van der Waals surface area contributed by atoms with Crippen molar-refractivity contribution in [1.29, 1.82) is 0 Å². The van der Waals surface area contributed by atoms with Crippen molar-refractivity contribution in [2.75, 3.05) is 7.05 Å². The number of halogens is 1. The Balaban J connectivity index is 2.03. The first-order valence-corrected chi connectivity index (χ1v) is 7.04. The van der Waals surface area contributed by atoms with E-state index >= 15 is 0 Å². The van der Waals surface area contributed by atoms with E-state index in [9.17, 15) is 0 Å². The summed E-state index contributed by atoms with van der Waals surface area (Å²) in [5.41, 5.74) is 4.23. The van der Waals surface area contributed by atoms with Crippen LogP contribution in [0.25, 0.3) is 0 Å². The molecule has 1 nitrogen and oxygen atoms in total. The van der Waals surface area contributed by atoms with Crippen molar-refractivity contribution in [3.05, 3.63) is 69.7 Å². The molecule has 0 saturated heterocycles. The molecule has 0 heterocycles. The Bertz CT molecular complexity index is 491. The van der Waals surface area contributed by atoms with Crippen LogP contribution in [0, 0.1) is 0 Å². The molecule has 0 aliphatic rings. The maximum absolute atomic E-state index is 3.47. The Morgan fingerprint density at radius 3 is 2.22 bits per heavy atom. The van der Waals surface area contributed by atoms with Gasteiger partial charge < -0.3 is 5.32 Å². The lowest BCUT2D eigenvalue weighted by atomic mass is 10.00. The van der Waals surface area contributed by atoms with Crippen molar-refractivity contribution in [2.45, 2.75) is 19.4 Å². The van der Waals surface area contributed by atoms with Crippen LogP contribution in [0.3, 0.4) is 0 Å². The van der Waals surface area contributed by atoms with Gasteiger partial charge in [-0.1, -0.05) is 52.3 Å². The fourth-order valence-corrected chi connectivity index (χ4v) is 2.36. The second-order valence-electron chi connectivity index (χ2n) is 4.43. The van der Waals surface area contributed by atoms with E-state index in [4.69, 9.17) is 0 Å². The van der Waals surface area contributed by atoms with Crippen molar-refractivity contribution >= 4 is 15.9 Å². The van der Waals surface area contributed by atoms with Gasteiger partial charge in [0.2, 0.25) is 0 Å². The SMILES string of the molecule is CNCc1ccccc1CCc1ccc(Br)cc1. The molecular formula is C16H18BrN. The third-order valence-corrected chi connectivity index (χ3v) is 3.61. The van der Waals surface area contributed by atoms with Crippen LogP contribution in [-0.4, -0.2) is 7.05 Å². The summed E-state index contributed by atoms with van der Waals surface area (Å²) in [6.45, 7) is 0.941. The van der Waals surface area contributed by atoms with Crippen LogP contribution in [0.5, 0.6) is 0 Å². The first-order chi connectivity index (χ1) is 8.79. The predicted octanol–water partition coefficient (Wildman–Crippen LogP) is 3.95. The molecule has 0 spiro atoms. The highest BCUT2D eigenvalue weighted by molar-refractivity contribution is 9.10. The molecule has 2 rings (SSSR count). The second-order valence-corrected chi connectivity index (χ2v) is 5.34. The van der Waals surface area contributed by atoms with Gasteiger partial charge in [0.15, 0.2) is 0 Å². The summed E-state index contributed by atoms with van der Waals surface area (Å²) in [7, 11) is 1.99. The van der Waals surface area contributed by atoms with Gasteiger partial charge in [-0.2, -0.15) is 0 Å². The monoisotopic (exact) mass is 303 g/mol. The van der Waals surface area contributed by atoms with Crippen LogP contribution in [-0.2, 0) is 19.4 Å². The van der Waals surface area contributed by atoms with Crippen molar-refractivity contribution in [2.24, 2.45) is 0 Å². The lowest BCUT2D eigenvalue weighted by molar-refractivity contribution is 0.798.